The molecular weight excluding hydrogens is 439 g/mol. The molecule has 1 fully saturated rings. The van der Waals surface area contributed by atoms with E-state index in [4.69, 9.17) is 0 Å². The third kappa shape index (κ3) is 3.84. The first-order valence-corrected chi connectivity index (χ1v) is 12.8. The Morgan fingerprint density at radius 1 is 1.11 bits per heavy atom. The molecule has 180 valence electrons. The summed E-state index contributed by atoms with van der Waals surface area (Å²) in [5.41, 5.74) is 3.92. The van der Waals surface area contributed by atoms with E-state index in [0.29, 0.717) is 5.92 Å². The number of hydrogen-bond acceptors (Lipinski definition) is 4. The van der Waals surface area contributed by atoms with Gasteiger partial charge in [0.2, 0.25) is 0 Å². The zero-order valence-corrected chi connectivity index (χ0v) is 20.1. The van der Waals surface area contributed by atoms with Crippen LogP contribution in [0.4, 0.5) is 4.39 Å². The summed E-state index contributed by atoms with van der Waals surface area (Å²) in [4.78, 5) is 9.22. The second-order valence-corrected chi connectivity index (χ2v) is 10.5. The minimum atomic E-state index is -0.590. The standard InChI is InChI=1S/C29H31FN4O/c1-2-28(35)11-12-29(18-27-31-13-4-14-32-27)22(17-28)6-3-5-20-16-26-21(15-25(20)29)19-33-34(26)24-9-7-23(30)8-10-24/h4,7-10,13-16,19,22,35H,2-3,5-6,11-12,17-18H2,1H3/t22-,28+,29-/m0/s1. The van der Waals surface area contributed by atoms with Crippen LogP contribution in [0.25, 0.3) is 16.6 Å². The van der Waals surface area contributed by atoms with Crippen LogP contribution in [-0.2, 0) is 18.3 Å². The van der Waals surface area contributed by atoms with Gasteiger partial charge in [0.1, 0.15) is 11.6 Å². The molecule has 2 aromatic carbocycles. The van der Waals surface area contributed by atoms with Crippen LogP contribution in [-0.4, -0.2) is 30.5 Å². The molecule has 0 amide bonds. The number of aryl methyl sites for hydroxylation is 1. The largest absolute Gasteiger partial charge is 0.390 e. The molecule has 35 heavy (non-hydrogen) atoms. The van der Waals surface area contributed by atoms with Crippen LogP contribution in [0.2, 0.25) is 0 Å². The quantitative estimate of drug-likeness (QED) is 0.415. The van der Waals surface area contributed by atoms with Crippen molar-refractivity contribution in [1.82, 2.24) is 19.7 Å². The molecule has 2 aromatic heterocycles. The van der Waals surface area contributed by atoms with E-state index in [1.807, 2.05) is 29.3 Å². The molecular formula is C29H31FN4O. The molecule has 1 saturated carbocycles. The molecule has 2 aliphatic rings. The van der Waals surface area contributed by atoms with Crippen molar-refractivity contribution in [3.63, 3.8) is 0 Å². The Morgan fingerprint density at radius 2 is 1.91 bits per heavy atom. The van der Waals surface area contributed by atoms with Crippen LogP contribution in [0, 0.1) is 11.7 Å². The van der Waals surface area contributed by atoms with Gasteiger partial charge in [0.05, 0.1) is 23.0 Å². The monoisotopic (exact) mass is 470 g/mol. The molecule has 6 heteroatoms. The van der Waals surface area contributed by atoms with Crippen LogP contribution >= 0.6 is 0 Å². The van der Waals surface area contributed by atoms with Crippen LogP contribution < -0.4 is 0 Å². The minimum absolute atomic E-state index is 0.110. The van der Waals surface area contributed by atoms with Gasteiger partial charge in [0.25, 0.3) is 0 Å². The van der Waals surface area contributed by atoms with E-state index in [0.717, 1.165) is 73.8 Å². The summed E-state index contributed by atoms with van der Waals surface area (Å²) in [6.07, 6.45) is 12.8. The molecule has 0 unspecified atom stereocenters. The maximum Gasteiger partial charge on any atom is 0.129 e. The van der Waals surface area contributed by atoms with Crippen molar-refractivity contribution in [2.75, 3.05) is 0 Å². The van der Waals surface area contributed by atoms with Crippen molar-refractivity contribution >= 4 is 10.9 Å². The van der Waals surface area contributed by atoms with Crippen molar-refractivity contribution < 1.29 is 9.50 Å². The van der Waals surface area contributed by atoms with E-state index < -0.39 is 5.60 Å². The number of aromatic nitrogens is 4. The van der Waals surface area contributed by atoms with E-state index in [1.54, 1.807) is 12.1 Å². The second kappa shape index (κ2) is 8.52. The van der Waals surface area contributed by atoms with Crippen LogP contribution in [0.3, 0.4) is 0 Å². The first-order chi connectivity index (χ1) is 17.0. The van der Waals surface area contributed by atoms with E-state index >= 15 is 0 Å². The Morgan fingerprint density at radius 3 is 2.69 bits per heavy atom. The van der Waals surface area contributed by atoms with Crippen molar-refractivity contribution in [2.45, 2.75) is 69.3 Å². The summed E-state index contributed by atoms with van der Waals surface area (Å²) < 4.78 is 15.4. The van der Waals surface area contributed by atoms with Crippen molar-refractivity contribution in [1.29, 1.82) is 0 Å². The fourth-order valence-corrected chi connectivity index (χ4v) is 6.62. The van der Waals surface area contributed by atoms with Crippen LogP contribution in [0.15, 0.2) is 61.1 Å². The first-order valence-electron chi connectivity index (χ1n) is 12.8. The molecule has 0 saturated heterocycles. The summed E-state index contributed by atoms with van der Waals surface area (Å²) in [6, 6.07) is 13.0. The smallest absolute Gasteiger partial charge is 0.129 e. The molecule has 0 radical (unpaired) electrons. The SMILES string of the molecule is CC[C@@]1(O)CC[C@@]2(Cc3ncccn3)c3cc4cnn(-c5ccc(F)cc5)c4cc3CCC[C@H]2C1. The Balaban J connectivity index is 1.51. The minimum Gasteiger partial charge on any atom is -0.390 e. The number of fused-ring (bicyclic) bond motifs is 4. The lowest BCUT2D eigenvalue weighted by Gasteiger charge is -2.50. The Hall–Kier alpha value is -3.12. The number of aliphatic hydroxyl groups is 1. The molecule has 2 heterocycles. The van der Waals surface area contributed by atoms with E-state index in [9.17, 15) is 9.50 Å². The molecule has 4 aromatic rings. The van der Waals surface area contributed by atoms with Gasteiger partial charge < -0.3 is 5.11 Å². The van der Waals surface area contributed by atoms with Gasteiger partial charge in [-0.3, -0.25) is 0 Å². The summed E-state index contributed by atoms with van der Waals surface area (Å²) in [6.45, 7) is 2.10. The van der Waals surface area contributed by atoms with Gasteiger partial charge in [0.15, 0.2) is 0 Å². The van der Waals surface area contributed by atoms with Gasteiger partial charge >= 0.3 is 0 Å². The molecule has 0 aliphatic heterocycles. The zero-order chi connectivity index (χ0) is 24.0. The van der Waals surface area contributed by atoms with E-state index in [2.05, 4.69) is 34.1 Å². The van der Waals surface area contributed by atoms with E-state index in [1.165, 1.54) is 23.3 Å². The number of halogens is 1. The van der Waals surface area contributed by atoms with Gasteiger partial charge in [-0.25, -0.2) is 19.0 Å². The first kappa shape index (κ1) is 22.4. The number of nitrogens with zero attached hydrogens (tertiary/aromatic N) is 4. The normalized spacial score (nSPS) is 26.2. The Labute approximate surface area is 205 Å². The number of hydrogen-bond donors (Lipinski definition) is 1. The average molecular weight is 471 g/mol. The van der Waals surface area contributed by atoms with Crippen LogP contribution in [0.5, 0.6) is 0 Å². The topological polar surface area (TPSA) is 63.8 Å². The van der Waals surface area contributed by atoms with Gasteiger partial charge in [0, 0.05) is 29.6 Å². The highest BCUT2D eigenvalue weighted by Gasteiger charge is 2.50. The fraction of sp³-hybridized carbons (Fsp3) is 0.414. The average Bonchev–Trinajstić information content (AvgIpc) is 3.23. The summed E-state index contributed by atoms with van der Waals surface area (Å²) in [5.74, 6) is 0.991. The lowest BCUT2D eigenvalue weighted by Crippen LogP contribution is -2.49. The lowest BCUT2D eigenvalue weighted by molar-refractivity contribution is -0.0501. The van der Waals surface area contributed by atoms with E-state index in [-0.39, 0.29) is 11.2 Å². The van der Waals surface area contributed by atoms with Gasteiger partial charge in [-0.1, -0.05) is 6.92 Å². The summed E-state index contributed by atoms with van der Waals surface area (Å²) in [7, 11) is 0. The Bertz CT molecular complexity index is 1350. The zero-order valence-electron chi connectivity index (χ0n) is 20.1. The van der Waals surface area contributed by atoms with Gasteiger partial charge in [-0.2, -0.15) is 5.10 Å². The Kier molecular flexibility index (Phi) is 5.44. The molecule has 3 atom stereocenters. The molecule has 0 spiro atoms. The lowest BCUT2D eigenvalue weighted by atomic mass is 9.56. The number of rotatable bonds is 4. The second-order valence-electron chi connectivity index (χ2n) is 10.5. The molecule has 6 rings (SSSR count). The van der Waals surface area contributed by atoms with Crippen molar-refractivity contribution in [3.05, 3.63) is 83.8 Å². The highest BCUT2D eigenvalue weighted by atomic mass is 19.1. The fourth-order valence-electron chi connectivity index (χ4n) is 6.62. The predicted molar refractivity (Wildman–Crippen MR) is 134 cm³/mol. The summed E-state index contributed by atoms with van der Waals surface area (Å²) >= 11 is 0. The highest BCUT2D eigenvalue weighted by molar-refractivity contribution is 5.82. The van der Waals surface area contributed by atoms with Crippen molar-refractivity contribution in [3.8, 4) is 5.69 Å². The number of benzene rings is 2. The van der Waals surface area contributed by atoms with Gasteiger partial charge in [-0.05, 0) is 104 Å². The molecule has 0 bridgehead atoms. The van der Waals surface area contributed by atoms with Gasteiger partial charge in [-0.15, -0.1) is 0 Å². The molecule has 2 aliphatic carbocycles. The highest BCUT2D eigenvalue weighted by Crippen LogP contribution is 2.54. The van der Waals surface area contributed by atoms with Crippen LogP contribution in [0.1, 0.15) is 62.4 Å². The third-order valence-electron chi connectivity index (χ3n) is 8.59. The third-order valence-corrected chi connectivity index (χ3v) is 8.59. The van der Waals surface area contributed by atoms with Crippen molar-refractivity contribution in [2.24, 2.45) is 5.92 Å². The molecule has 5 nitrogen and oxygen atoms in total. The maximum absolute atomic E-state index is 13.5. The summed E-state index contributed by atoms with van der Waals surface area (Å²) in [5, 5.41) is 17.0. The predicted octanol–water partition coefficient (Wildman–Crippen LogP) is 5.71. The molecule has 1 N–H and O–H groups in total. The maximum atomic E-state index is 13.5.